The van der Waals surface area contributed by atoms with Gasteiger partial charge in [-0.2, -0.15) is 0 Å². The Morgan fingerprint density at radius 3 is 2.58 bits per heavy atom. The highest BCUT2D eigenvalue weighted by Gasteiger charge is 2.28. The summed E-state index contributed by atoms with van der Waals surface area (Å²) in [4.78, 5) is 19.4. The molecule has 4 rings (SSSR count). The number of rotatable bonds is 8. The minimum atomic E-state index is -0.444. The Morgan fingerprint density at radius 1 is 1.12 bits per heavy atom. The fourth-order valence-corrected chi connectivity index (χ4v) is 3.97. The fourth-order valence-electron chi connectivity index (χ4n) is 3.97. The van der Waals surface area contributed by atoms with Crippen molar-refractivity contribution in [2.45, 2.75) is 6.54 Å². The number of hydrogen-bond acceptors (Lipinski definition) is 6. The van der Waals surface area contributed by atoms with E-state index in [1.54, 1.807) is 24.1 Å². The maximum Gasteiger partial charge on any atom is 0.254 e. The van der Waals surface area contributed by atoms with Crippen LogP contribution < -0.4 is 4.90 Å². The standard InChI is InChI=1S/C25H29FN4O3/c1-28-11-13-29(14-12-28)25-22(23(27-33-25)19-7-4-3-5-8-19)18-30(15-16-32-2)24(31)20-9-6-10-21(26)17-20/h3-10,17H,11-16,18H2,1-2H3. The Kier molecular flexibility index (Phi) is 7.36. The van der Waals surface area contributed by atoms with Gasteiger partial charge in [-0.3, -0.25) is 4.79 Å². The van der Waals surface area contributed by atoms with Crippen LogP contribution in [0.1, 0.15) is 15.9 Å². The van der Waals surface area contributed by atoms with Crippen LogP contribution in [0.25, 0.3) is 11.3 Å². The number of anilines is 1. The third kappa shape index (κ3) is 5.40. The van der Waals surface area contributed by atoms with Crippen LogP contribution in [-0.2, 0) is 11.3 Å². The number of hydrogen-bond donors (Lipinski definition) is 0. The molecular weight excluding hydrogens is 423 g/mol. The lowest BCUT2D eigenvalue weighted by atomic mass is 10.1. The molecule has 1 amide bonds. The number of piperazine rings is 1. The normalized spacial score (nSPS) is 14.5. The summed E-state index contributed by atoms with van der Waals surface area (Å²) in [6.45, 7) is 4.43. The zero-order chi connectivity index (χ0) is 23.2. The van der Waals surface area contributed by atoms with E-state index >= 15 is 0 Å². The van der Waals surface area contributed by atoms with Crippen molar-refractivity contribution in [1.29, 1.82) is 0 Å². The molecule has 7 nitrogen and oxygen atoms in total. The Bertz CT molecular complexity index is 1060. The number of amides is 1. The van der Waals surface area contributed by atoms with Gasteiger partial charge in [-0.05, 0) is 25.2 Å². The molecule has 1 saturated heterocycles. The molecule has 2 heterocycles. The Hall–Kier alpha value is -3.23. The van der Waals surface area contributed by atoms with Gasteiger partial charge in [-0.1, -0.05) is 41.6 Å². The minimum absolute atomic E-state index is 0.268. The second-order valence-electron chi connectivity index (χ2n) is 8.20. The highest BCUT2D eigenvalue weighted by molar-refractivity contribution is 5.94. The van der Waals surface area contributed by atoms with Gasteiger partial charge in [0.2, 0.25) is 5.88 Å². The van der Waals surface area contributed by atoms with Gasteiger partial charge >= 0.3 is 0 Å². The number of carbonyl (C=O) groups excluding carboxylic acids is 1. The molecule has 0 radical (unpaired) electrons. The largest absolute Gasteiger partial charge is 0.383 e. The van der Waals surface area contributed by atoms with E-state index in [1.807, 2.05) is 30.3 Å². The Morgan fingerprint density at radius 2 is 1.88 bits per heavy atom. The van der Waals surface area contributed by atoms with Crippen LogP contribution >= 0.6 is 0 Å². The number of aromatic nitrogens is 1. The number of ether oxygens (including phenoxy) is 1. The molecule has 2 aromatic carbocycles. The summed E-state index contributed by atoms with van der Waals surface area (Å²) >= 11 is 0. The van der Waals surface area contributed by atoms with E-state index < -0.39 is 5.82 Å². The number of likely N-dealkylation sites (N-methyl/N-ethyl adjacent to an activating group) is 1. The van der Waals surface area contributed by atoms with Crippen molar-refractivity contribution in [3.05, 3.63) is 71.5 Å². The quantitative estimate of drug-likeness (QED) is 0.521. The molecule has 0 spiro atoms. The molecule has 0 bridgehead atoms. The zero-order valence-electron chi connectivity index (χ0n) is 19.0. The Labute approximate surface area is 193 Å². The fraction of sp³-hybridized carbons (Fsp3) is 0.360. The van der Waals surface area contributed by atoms with Crippen molar-refractivity contribution >= 4 is 11.8 Å². The van der Waals surface area contributed by atoms with Crippen molar-refractivity contribution in [3.63, 3.8) is 0 Å². The monoisotopic (exact) mass is 452 g/mol. The van der Waals surface area contributed by atoms with Crippen LogP contribution in [-0.4, -0.2) is 74.4 Å². The summed E-state index contributed by atoms with van der Waals surface area (Å²) in [7, 11) is 3.69. The highest BCUT2D eigenvalue weighted by atomic mass is 19.1. The molecule has 3 aromatic rings. The number of nitrogens with zero attached hydrogens (tertiary/aromatic N) is 4. The molecule has 1 aliphatic rings. The smallest absolute Gasteiger partial charge is 0.254 e. The number of halogens is 1. The number of carbonyl (C=O) groups is 1. The van der Waals surface area contributed by atoms with Crippen LogP contribution in [0.2, 0.25) is 0 Å². The van der Waals surface area contributed by atoms with Crippen molar-refractivity contribution in [1.82, 2.24) is 15.0 Å². The van der Waals surface area contributed by atoms with Crippen molar-refractivity contribution in [2.75, 3.05) is 58.4 Å². The van der Waals surface area contributed by atoms with E-state index in [-0.39, 0.29) is 12.5 Å². The predicted molar refractivity (Wildman–Crippen MR) is 125 cm³/mol. The second kappa shape index (κ2) is 10.6. The van der Waals surface area contributed by atoms with Gasteiger partial charge in [0.05, 0.1) is 18.7 Å². The molecule has 0 saturated carbocycles. The van der Waals surface area contributed by atoms with Crippen LogP contribution in [0.4, 0.5) is 10.3 Å². The first-order valence-electron chi connectivity index (χ1n) is 11.1. The van der Waals surface area contributed by atoms with E-state index in [4.69, 9.17) is 9.26 Å². The third-order valence-electron chi connectivity index (χ3n) is 5.88. The van der Waals surface area contributed by atoms with E-state index in [9.17, 15) is 9.18 Å². The first-order chi connectivity index (χ1) is 16.1. The van der Waals surface area contributed by atoms with Crippen molar-refractivity contribution in [3.8, 4) is 11.3 Å². The summed E-state index contributed by atoms with van der Waals surface area (Å²) in [5.74, 6) is -0.0341. The molecule has 8 heteroatoms. The van der Waals surface area contributed by atoms with E-state index in [0.717, 1.165) is 37.3 Å². The lowest BCUT2D eigenvalue weighted by molar-refractivity contribution is 0.0680. The van der Waals surface area contributed by atoms with Crippen LogP contribution in [0.15, 0.2) is 59.1 Å². The molecule has 1 fully saturated rings. The predicted octanol–water partition coefficient (Wildman–Crippen LogP) is 3.52. The van der Waals surface area contributed by atoms with E-state index in [1.165, 1.54) is 12.1 Å². The maximum absolute atomic E-state index is 13.8. The van der Waals surface area contributed by atoms with Gasteiger partial charge in [-0.15, -0.1) is 0 Å². The average Bonchev–Trinajstić information content (AvgIpc) is 3.25. The Balaban J connectivity index is 1.70. The third-order valence-corrected chi connectivity index (χ3v) is 5.88. The van der Waals surface area contributed by atoms with Crippen LogP contribution in [0.5, 0.6) is 0 Å². The minimum Gasteiger partial charge on any atom is -0.383 e. The summed E-state index contributed by atoms with van der Waals surface area (Å²) in [6, 6.07) is 15.5. The van der Waals surface area contributed by atoms with Gasteiger partial charge in [0, 0.05) is 51.0 Å². The molecule has 0 aliphatic carbocycles. The molecule has 174 valence electrons. The first-order valence-corrected chi connectivity index (χ1v) is 11.1. The zero-order valence-corrected chi connectivity index (χ0v) is 19.0. The molecule has 0 unspecified atom stereocenters. The molecule has 33 heavy (non-hydrogen) atoms. The first kappa shape index (κ1) is 22.9. The van der Waals surface area contributed by atoms with E-state index in [2.05, 4.69) is 22.0 Å². The lowest BCUT2D eigenvalue weighted by Gasteiger charge is -2.33. The van der Waals surface area contributed by atoms with E-state index in [0.29, 0.717) is 30.3 Å². The summed E-state index contributed by atoms with van der Waals surface area (Å²) < 4.78 is 24.9. The molecular formula is C25H29FN4O3. The number of benzene rings is 2. The van der Waals surface area contributed by atoms with Gasteiger partial charge in [-0.25, -0.2) is 4.39 Å². The van der Waals surface area contributed by atoms with Crippen molar-refractivity contribution < 1.29 is 18.4 Å². The SMILES string of the molecule is COCCN(Cc1c(-c2ccccc2)noc1N1CCN(C)CC1)C(=O)c1cccc(F)c1. The van der Waals surface area contributed by atoms with Gasteiger partial charge in [0.1, 0.15) is 11.5 Å². The van der Waals surface area contributed by atoms with Crippen LogP contribution in [0.3, 0.4) is 0 Å². The molecule has 0 atom stereocenters. The second-order valence-corrected chi connectivity index (χ2v) is 8.20. The van der Waals surface area contributed by atoms with Crippen molar-refractivity contribution in [2.24, 2.45) is 0 Å². The molecule has 0 N–H and O–H groups in total. The molecule has 1 aromatic heterocycles. The summed E-state index contributed by atoms with van der Waals surface area (Å²) in [6.07, 6.45) is 0. The summed E-state index contributed by atoms with van der Waals surface area (Å²) in [5.41, 5.74) is 2.76. The highest BCUT2D eigenvalue weighted by Crippen LogP contribution is 2.33. The topological polar surface area (TPSA) is 62.1 Å². The van der Waals surface area contributed by atoms with Gasteiger partial charge in [0.15, 0.2) is 0 Å². The van der Waals surface area contributed by atoms with Gasteiger partial charge < -0.3 is 24.0 Å². The maximum atomic E-state index is 13.8. The molecule has 1 aliphatic heterocycles. The van der Waals surface area contributed by atoms with Gasteiger partial charge in [0.25, 0.3) is 5.91 Å². The number of methoxy groups -OCH3 is 1. The summed E-state index contributed by atoms with van der Waals surface area (Å²) in [5, 5.41) is 4.40. The average molecular weight is 453 g/mol. The van der Waals surface area contributed by atoms with Crippen LogP contribution in [0, 0.1) is 5.82 Å². The lowest BCUT2D eigenvalue weighted by Crippen LogP contribution is -2.45.